The van der Waals surface area contributed by atoms with Gasteiger partial charge in [0.25, 0.3) is 0 Å². The summed E-state index contributed by atoms with van der Waals surface area (Å²) in [4.78, 5) is 2.18. The first-order valence-electron chi connectivity index (χ1n) is 4.96. The van der Waals surface area contributed by atoms with Gasteiger partial charge in [-0.2, -0.15) is 0 Å². The summed E-state index contributed by atoms with van der Waals surface area (Å²) in [6.45, 7) is 0.975. The smallest absolute Gasteiger partial charge is 0.0481 e. The molecule has 80 valence electrons. The lowest BCUT2D eigenvalue weighted by atomic mass is 10.2. The van der Waals surface area contributed by atoms with E-state index in [9.17, 15) is 0 Å². The van der Waals surface area contributed by atoms with Crippen molar-refractivity contribution in [1.29, 1.82) is 0 Å². The molecule has 0 spiro atoms. The maximum atomic E-state index is 3.50. The number of benzene rings is 1. The molecule has 0 bridgehead atoms. The Balaban J connectivity index is 2.54. The number of hydrogen-bond acceptors (Lipinski definition) is 1. The summed E-state index contributed by atoms with van der Waals surface area (Å²) >= 11 is 3.50. The van der Waals surface area contributed by atoms with Gasteiger partial charge in [-0.05, 0) is 38.4 Å². The van der Waals surface area contributed by atoms with Gasteiger partial charge in [-0.25, -0.2) is 0 Å². The lowest BCUT2D eigenvalue weighted by Crippen LogP contribution is -2.13. The molecule has 0 fully saturated rings. The van der Waals surface area contributed by atoms with Crippen LogP contribution >= 0.6 is 15.9 Å². The molecule has 0 aliphatic carbocycles. The first-order chi connectivity index (χ1) is 7.08. The molecule has 1 heterocycles. The highest BCUT2D eigenvalue weighted by Crippen LogP contribution is 2.23. The van der Waals surface area contributed by atoms with Crippen molar-refractivity contribution < 1.29 is 0 Å². The van der Waals surface area contributed by atoms with Gasteiger partial charge >= 0.3 is 0 Å². The molecule has 2 rings (SSSR count). The summed E-state index contributed by atoms with van der Waals surface area (Å²) in [6.07, 6.45) is 0. The van der Waals surface area contributed by atoms with Crippen LogP contribution in [0.25, 0.3) is 10.9 Å². The number of hydrogen-bond donors (Lipinski definition) is 0. The highest BCUT2D eigenvalue weighted by Gasteiger charge is 2.06. The standard InChI is InChI=1S/C12H15BrN2/c1-14(2)8-11-7-9-6-10(13)4-5-12(9)15(11)3/h4-7H,8H2,1-3H3. The number of aromatic nitrogens is 1. The molecule has 0 unspecified atom stereocenters. The number of fused-ring (bicyclic) bond motifs is 1. The van der Waals surface area contributed by atoms with E-state index >= 15 is 0 Å². The Bertz CT molecular complexity index is 486. The number of halogens is 1. The molecular weight excluding hydrogens is 252 g/mol. The molecule has 0 saturated carbocycles. The summed E-state index contributed by atoms with van der Waals surface area (Å²) in [5, 5.41) is 1.30. The van der Waals surface area contributed by atoms with Crippen LogP contribution < -0.4 is 0 Å². The van der Waals surface area contributed by atoms with Crippen molar-refractivity contribution >= 4 is 26.8 Å². The van der Waals surface area contributed by atoms with Crippen molar-refractivity contribution in [3.05, 3.63) is 34.4 Å². The molecule has 15 heavy (non-hydrogen) atoms. The molecule has 2 aromatic rings. The zero-order chi connectivity index (χ0) is 11.0. The molecule has 0 radical (unpaired) electrons. The van der Waals surface area contributed by atoms with Crippen molar-refractivity contribution in [2.45, 2.75) is 6.54 Å². The second-order valence-electron chi connectivity index (χ2n) is 4.14. The minimum atomic E-state index is 0.975. The van der Waals surface area contributed by atoms with Crippen LogP contribution in [0.2, 0.25) is 0 Å². The second-order valence-corrected chi connectivity index (χ2v) is 5.05. The molecule has 0 amide bonds. The van der Waals surface area contributed by atoms with Gasteiger partial charge in [-0.3, -0.25) is 0 Å². The monoisotopic (exact) mass is 266 g/mol. The third kappa shape index (κ3) is 2.08. The number of rotatable bonds is 2. The minimum absolute atomic E-state index is 0.975. The van der Waals surface area contributed by atoms with Gasteiger partial charge < -0.3 is 9.47 Å². The average molecular weight is 267 g/mol. The Morgan fingerprint density at radius 2 is 2.00 bits per heavy atom. The highest BCUT2D eigenvalue weighted by molar-refractivity contribution is 9.10. The molecule has 0 saturated heterocycles. The van der Waals surface area contributed by atoms with Crippen molar-refractivity contribution in [3.8, 4) is 0 Å². The van der Waals surface area contributed by atoms with Crippen LogP contribution in [0.4, 0.5) is 0 Å². The van der Waals surface area contributed by atoms with Gasteiger partial charge in [-0.15, -0.1) is 0 Å². The summed E-state index contributed by atoms with van der Waals surface area (Å²) < 4.78 is 3.39. The third-order valence-corrected chi connectivity index (χ3v) is 3.08. The SMILES string of the molecule is CN(C)Cc1cc2cc(Br)ccc2n1C. The van der Waals surface area contributed by atoms with Gasteiger partial charge in [0.05, 0.1) is 0 Å². The van der Waals surface area contributed by atoms with E-state index in [1.54, 1.807) is 0 Å². The Morgan fingerprint density at radius 3 is 2.67 bits per heavy atom. The zero-order valence-corrected chi connectivity index (χ0v) is 10.9. The Hall–Kier alpha value is -0.800. The van der Waals surface area contributed by atoms with Crippen LogP contribution in [0.5, 0.6) is 0 Å². The summed E-state index contributed by atoms with van der Waals surface area (Å²) in [6, 6.07) is 8.65. The fraction of sp³-hybridized carbons (Fsp3) is 0.333. The van der Waals surface area contributed by atoms with E-state index < -0.39 is 0 Å². The maximum absolute atomic E-state index is 3.50. The van der Waals surface area contributed by atoms with Gasteiger partial charge in [-0.1, -0.05) is 15.9 Å². The van der Waals surface area contributed by atoms with Gasteiger partial charge in [0.2, 0.25) is 0 Å². The van der Waals surface area contributed by atoms with E-state index in [1.165, 1.54) is 16.6 Å². The lowest BCUT2D eigenvalue weighted by molar-refractivity contribution is 0.392. The second kappa shape index (κ2) is 3.99. The normalized spacial score (nSPS) is 11.5. The Morgan fingerprint density at radius 1 is 1.27 bits per heavy atom. The van der Waals surface area contributed by atoms with Gasteiger partial charge in [0.15, 0.2) is 0 Å². The zero-order valence-electron chi connectivity index (χ0n) is 9.29. The van der Waals surface area contributed by atoms with Gasteiger partial charge in [0, 0.05) is 34.7 Å². The van der Waals surface area contributed by atoms with Crippen LogP contribution in [0.15, 0.2) is 28.7 Å². The topological polar surface area (TPSA) is 8.17 Å². The molecule has 3 heteroatoms. The Labute approximate surface area is 98.6 Å². The summed E-state index contributed by atoms with van der Waals surface area (Å²) in [5.41, 5.74) is 2.63. The van der Waals surface area contributed by atoms with E-state index in [1.807, 2.05) is 0 Å². The van der Waals surface area contributed by atoms with E-state index in [2.05, 4.69) is 70.8 Å². The molecule has 1 aromatic carbocycles. The first kappa shape index (κ1) is 10.7. The fourth-order valence-corrected chi connectivity index (χ4v) is 2.23. The van der Waals surface area contributed by atoms with Gasteiger partial charge in [0.1, 0.15) is 0 Å². The average Bonchev–Trinajstić information content (AvgIpc) is 2.42. The van der Waals surface area contributed by atoms with Crippen LogP contribution in [-0.4, -0.2) is 23.6 Å². The highest BCUT2D eigenvalue weighted by atomic mass is 79.9. The molecular formula is C12H15BrN2. The molecule has 0 atom stereocenters. The quantitative estimate of drug-likeness (QED) is 0.812. The summed E-state index contributed by atoms with van der Waals surface area (Å²) in [7, 11) is 6.30. The molecule has 0 N–H and O–H groups in total. The van der Waals surface area contributed by atoms with Crippen molar-refractivity contribution in [2.75, 3.05) is 14.1 Å². The third-order valence-electron chi connectivity index (χ3n) is 2.58. The fourth-order valence-electron chi connectivity index (χ4n) is 1.85. The van der Waals surface area contributed by atoms with E-state index in [4.69, 9.17) is 0 Å². The largest absolute Gasteiger partial charge is 0.346 e. The summed E-state index contributed by atoms with van der Waals surface area (Å²) in [5.74, 6) is 0. The molecule has 0 aliphatic heterocycles. The Kier molecular flexibility index (Phi) is 2.85. The van der Waals surface area contributed by atoms with Crippen molar-refractivity contribution in [2.24, 2.45) is 7.05 Å². The van der Waals surface area contributed by atoms with Crippen LogP contribution in [-0.2, 0) is 13.6 Å². The maximum Gasteiger partial charge on any atom is 0.0481 e. The molecule has 0 aliphatic rings. The van der Waals surface area contributed by atoms with E-state index in [0.29, 0.717) is 0 Å². The van der Waals surface area contributed by atoms with E-state index in [0.717, 1.165) is 11.0 Å². The molecule has 2 nitrogen and oxygen atoms in total. The number of nitrogens with zero attached hydrogens (tertiary/aromatic N) is 2. The van der Waals surface area contributed by atoms with Crippen molar-refractivity contribution in [1.82, 2.24) is 9.47 Å². The van der Waals surface area contributed by atoms with Crippen LogP contribution in [0, 0.1) is 0 Å². The van der Waals surface area contributed by atoms with Crippen LogP contribution in [0.3, 0.4) is 0 Å². The number of aryl methyl sites for hydroxylation is 1. The predicted molar refractivity (Wildman–Crippen MR) is 68.0 cm³/mol. The predicted octanol–water partition coefficient (Wildman–Crippen LogP) is 3.00. The van der Waals surface area contributed by atoms with E-state index in [-0.39, 0.29) is 0 Å². The van der Waals surface area contributed by atoms with Crippen molar-refractivity contribution in [3.63, 3.8) is 0 Å². The molecule has 1 aromatic heterocycles. The first-order valence-corrected chi connectivity index (χ1v) is 5.76. The van der Waals surface area contributed by atoms with Crippen LogP contribution in [0.1, 0.15) is 5.69 Å². The minimum Gasteiger partial charge on any atom is -0.346 e. The lowest BCUT2D eigenvalue weighted by Gasteiger charge is -2.10.